The Labute approximate surface area is 108 Å². The van der Waals surface area contributed by atoms with Crippen LogP contribution in [0.3, 0.4) is 0 Å². The SMILES string of the molecule is N#Cc1ccc(S(=O)(=O)Nc2cn[nH]c2)c(Cl)c1. The van der Waals surface area contributed by atoms with Gasteiger partial charge in [-0.05, 0) is 18.2 Å². The van der Waals surface area contributed by atoms with Gasteiger partial charge in [-0.25, -0.2) is 8.42 Å². The number of halogens is 1. The lowest BCUT2D eigenvalue weighted by atomic mass is 10.2. The standard InChI is InChI=1S/C10H7ClN4O2S/c11-9-3-7(4-12)1-2-10(9)18(16,17)15-8-5-13-14-6-8/h1-3,5-6,15H,(H,13,14). The quantitative estimate of drug-likeness (QED) is 0.895. The Morgan fingerprint density at radius 3 is 2.78 bits per heavy atom. The van der Waals surface area contributed by atoms with Crippen LogP contribution in [0.4, 0.5) is 5.69 Å². The summed E-state index contributed by atoms with van der Waals surface area (Å²) >= 11 is 5.84. The van der Waals surface area contributed by atoms with Crippen molar-refractivity contribution in [3.8, 4) is 6.07 Å². The van der Waals surface area contributed by atoms with E-state index in [2.05, 4.69) is 14.9 Å². The van der Waals surface area contributed by atoms with Gasteiger partial charge < -0.3 is 0 Å². The van der Waals surface area contributed by atoms with Crippen molar-refractivity contribution in [3.05, 3.63) is 41.2 Å². The Morgan fingerprint density at radius 1 is 1.44 bits per heavy atom. The zero-order valence-electron chi connectivity index (χ0n) is 8.88. The smallest absolute Gasteiger partial charge is 0.263 e. The van der Waals surface area contributed by atoms with Crippen molar-refractivity contribution in [3.63, 3.8) is 0 Å². The molecule has 0 saturated heterocycles. The zero-order chi connectivity index (χ0) is 13.2. The molecule has 18 heavy (non-hydrogen) atoms. The molecule has 0 aliphatic rings. The highest BCUT2D eigenvalue weighted by atomic mass is 35.5. The third-order valence-corrected chi connectivity index (χ3v) is 3.97. The van der Waals surface area contributed by atoms with Crippen LogP contribution in [0.2, 0.25) is 5.02 Å². The van der Waals surface area contributed by atoms with Crippen molar-refractivity contribution < 1.29 is 8.42 Å². The van der Waals surface area contributed by atoms with Crippen LogP contribution in [-0.4, -0.2) is 18.6 Å². The van der Waals surface area contributed by atoms with E-state index in [4.69, 9.17) is 16.9 Å². The fourth-order valence-electron chi connectivity index (χ4n) is 1.31. The van der Waals surface area contributed by atoms with Gasteiger partial charge in [0, 0.05) is 6.20 Å². The van der Waals surface area contributed by atoms with Gasteiger partial charge in [0.2, 0.25) is 0 Å². The molecule has 0 bridgehead atoms. The zero-order valence-corrected chi connectivity index (χ0v) is 10.5. The van der Waals surface area contributed by atoms with Gasteiger partial charge >= 0.3 is 0 Å². The molecule has 2 aromatic rings. The third kappa shape index (κ3) is 2.45. The summed E-state index contributed by atoms with van der Waals surface area (Å²) < 4.78 is 26.3. The molecule has 2 rings (SSSR count). The number of nitrogens with zero attached hydrogens (tertiary/aromatic N) is 2. The number of hydrogen-bond acceptors (Lipinski definition) is 4. The highest BCUT2D eigenvalue weighted by Crippen LogP contribution is 2.24. The topological polar surface area (TPSA) is 98.6 Å². The van der Waals surface area contributed by atoms with Crippen LogP contribution in [0.25, 0.3) is 0 Å². The van der Waals surface area contributed by atoms with Crippen LogP contribution in [0.5, 0.6) is 0 Å². The van der Waals surface area contributed by atoms with Gasteiger partial charge in [0.1, 0.15) is 4.90 Å². The largest absolute Gasteiger partial charge is 0.284 e. The second-order valence-electron chi connectivity index (χ2n) is 3.35. The molecule has 0 unspecified atom stereocenters. The lowest BCUT2D eigenvalue weighted by molar-refractivity contribution is 0.601. The average molecular weight is 283 g/mol. The van der Waals surface area contributed by atoms with E-state index >= 15 is 0 Å². The molecular formula is C10H7ClN4O2S. The lowest BCUT2D eigenvalue weighted by Gasteiger charge is -2.07. The lowest BCUT2D eigenvalue weighted by Crippen LogP contribution is -2.13. The van der Waals surface area contributed by atoms with E-state index in [9.17, 15) is 8.42 Å². The first-order chi connectivity index (χ1) is 8.53. The number of nitrogens with one attached hydrogen (secondary N) is 2. The van der Waals surface area contributed by atoms with Crippen LogP contribution in [0.1, 0.15) is 5.56 Å². The van der Waals surface area contributed by atoms with E-state index in [1.165, 1.54) is 30.6 Å². The predicted molar refractivity (Wildman–Crippen MR) is 65.6 cm³/mol. The molecule has 0 amide bonds. The molecule has 0 atom stereocenters. The molecule has 1 aromatic heterocycles. The van der Waals surface area contributed by atoms with Gasteiger partial charge in [-0.1, -0.05) is 11.6 Å². The average Bonchev–Trinajstić information content (AvgIpc) is 2.80. The molecule has 8 heteroatoms. The Hall–Kier alpha value is -2.04. The fourth-order valence-corrected chi connectivity index (χ4v) is 2.89. The number of aromatic nitrogens is 2. The maximum Gasteiger partial charge on any atom is 0.263 e. The van der Waals surface area contributed by atoms with Gasteiger partial charge in [0.05, 0.1) is 28.5 Å². The van der Waals surface area contributed by atoms with Gasteiger partial charge in [-0.15, -0.1) is 0 Å². The first-order valence-corrected chi connectivity index (χ1v) is 6.60. The summed E-state index contributed by atoms with van der Waals surface area (Å²) in [6.07, 6.45) is 2.73. The maximum absolute atomic E-state index is 12.0. The minimum absolute atomic E-state index is 0.00922. The van der Waals surface area contributed by atoms with E-state index in [1.54, 1.807) is 0 Å². The van der Waals surface area contributed by atoms with E-state index in [0.29, 0.717) is 11.3 Å². The molecule has 0 radical (unpaired) electrons. The first-order valence-electron chi connectivity index (χ1n) is 4.74. The Bertz CT molecular complexity index is 704. The number of anilines is 1. The molecule has 2 N–H and O–H groups in total. The van der Waals surface area contributed by atoms with Gasteiger partial charge in [0.15, 0.2) is 0 Å². The Balaban J connectivity index is 2.39. The monoisotopic (exact) mass is 282 g/mol. The fraction of sp³-hybridized carbons (Fsp3) is 0. The highest BCUT2D eigenvalue weighted by Gasteiger charge is 2.18. The third-order valence-electron chi connectivity index (χ3n) is 2.10. The van der Waals surface area contributed by atoms with Crippen LogP contribution in [0.15, 0.2) is 35.5 Å². The van der Waals surface area contributed by atoms with Crippen LogP contribution in [-0.2, 0) is 10.0 Å². The van der Waals surface area contributed by atoms with Gasteiger partial charge in [-0.3, -0.25) is 9.82 Å². The van der Waals surface area contributed by atoms with Crippen LogP contribution >= 0.6 is 11.6 Å². The highest BCUT2D eigenvalue weighted by molar-refractivity contribution is 7.92. The normalized spacial score (nSPS) is 10.9. The van der Waals surface area contributed by atoms with Crippen molar-refractivity contribution in [1.82, 2.24) is 10.2 Å². The summed E-state index contributed by atoms with van der Waals surface area (Å²) in [5.74, 6) is 0. The number of rotatable bonds is 3. The second kappa shape index (κ2) is 4.68. The molecule has 92 valence electrons. The molecule has 6 nitrogen and oxygen atoms in total. The van der Waals surface area contributed by atoms with Crippen LogP contribution < -0.4 is 4.72 Å². The van der Waals surface area contributed by atoms with E-state index in [0.717, 1.165) is 0 Å². The van der Waals surface area contributed by atoms with Gasteiger partial charge in [-0.2, -0.15) is 10.4 Å². The first kappa shape index (κ1) is 12.4. The summed E-state index contributed by atoms with van der Waals surface area (Å²) in [6, 6.07) is 5.84. The Kier molecular flexibility index (Phi) is 3.23. The molecule has 0 saturated carbocycles. The number of aromatic amines is 1. The number of hydrogen-bond donors (Lipinski definition) is 2. The maximum atomic E-state index is 12.0. The van der Waals surface area contributed by atoms with Crippen molar-refractivity contribution in [2.45, 2.75) is 4.90 Å². The minimum atomic E-state index is -3.79. The molecule has 0 fully saturated rings. The Morgan fingerprint density at radius 2 is 2.22 bits per heavy atom. The van der Waals surface area contributed by atoms with Crippen molar-refractivity contribution in [2.75, 3.05) is 4.72 Å². The summed E-state index contributed by atoms with van der Waals surface area (Å²) in [5.41, 5.74) is 0.595. The number of H-pyrrole nitrogens is 1. The number of benzene rings is 1. The predicted octanol–water partition coefficient (Wildman–Crippen LogP) is 1.74. The van der Waals surface area contributed by atoms with Crippen molar-refractivity contribution in [1.29, 1.82) is 5.26 Å². The molecule has 1 aromatic carbocycles. The molecule has 0 aliphatic carbocycles. The summed E-state index contributed by atoms with van der Waals surface area (Å²) in [7, 11) is -3.79. The van der Waals surface area contributed by atoms with E-state index < -0.39 is 10.0 Å². The van der Waals surface area contributed by atoms with Crippen molar-refractivity contribution >= 4 is 27.3 Å². The number of nitriles is 1. The summed E-state index contributed by atoms with van der Waals surface area (Å²) in [5, 5.41) is 14.8. The minimum Gasteiger partial charge on any atom is -0.284 e. The molecule has 0 aliphatic heterocycles. The van der Waals surface area contributed by atoms with Gasteiger partial charge in [0.25, 0.3) is 10.0 Å². The van der Waals surface area contributed by atoms with Crippen molar-refractivity contribution in [2.24, 2.45) is 0 Å². The van der Waals surface area contributed by atoms with E-state index in [-0.39, 0.29) is 9.92 Å². The van der Waals surface area contributed by atoms with E-state index in [1.807, 2.05) is 6.07 Å². The molecule has 1 heterocycles. The molecular weight excluding hydrogens is 276 g/mol. The second-order valence-corrected chi connectivity index (χ2v) is 5.41. The summed E-state index contributed by atoms with van der Waals surface area (Å²) in [6.45, 7) is 0. The molecule has 0 spiro atoms. The van der Waals surface area contributed by atoms with Crippen LogP contribution in [0, 0.1) is 11.3 Å². The number of sulfonamides is 1. The summed E-state index contributed by atoms with van der Waals surface area (Å²) in [4.78, 5) is -0.0932.